The number of likely N-dealkylation sites (N-methyl/N-ethyl adjacent to an activating group) is 2. The number of phenolic OH excluding ortho intramolecular Hbond substituents is 1. The number of ether oxygens (including phenoxy) is 1. The van der Waals surface area contributed by atoms with Gasteiger partial charge in [-0.15, -0.1) is 0 Å². The number of phenols is 1. The number of nitrogens with one attached hydrogen (secondary N) is 1. The number of hydrogen-bond donors (Lipinski definition) is 2. The number of fused-ring (bicyclic) bond motifs is 1. The van der Waals surface area contributed by atoms with Crippen molar-refractivity contribution in [3.8, 4) is 5.75 Å². The lowest BCUT2D eigenvalue weighted by Crippen LogP contribution is -2.40. The van der Waals surface area contributed by atoms with Gasteiger partial charge in [-0.2, -0.15) is 0 Å². The van der Waals surface area contributed by atoms with Crippen molar-refractivity contribution >= 4 is 17.6 Å². The third-order valence-electron chi connectivity index (χ3n) is 4.48. The Morgan fingerprint density at radius 1 is 1.50 bits per heavy atom. The van der Waals surface area contributed by atoms with E-state index < -0.39 is 11.5 Å². The van der Waals surface area contributed by atoms with Gasteiger partial charge in [-0.3, -0.25) is 9.59 Å². The maximum absolute atomic E-state index is 12.6. The fraction of sp³-hybridized carbons (Fsp3) is 0.500. The normalized spacial score (nSPS) is 21.6. The molecule has 6 heteroatoms. The van der Waals surface area contributed by atoms with Crippen molar-refractivity contribution in [2.75, 3.05) is 26.1 Å². The number of nitrogens with zero attached hydrogens (tertiary/aromatic N) is 1. The van der Waals surface area contributed by atoms with E-state index in [0.29, 0.717) is 12.8 Å². The molecule has 2 N–H and O–H groups in total. The minimum Gasteiger partial charge on any atom is -0.508 e. The van der Waals surface area contributed by atoms with Crippen LogP contribution in [0.15, 0.2) is 18.2 Å². The number of amides is 1. The van der Waals surface area contributed by atoms with E-state index in [1.807, 2.05) is 6.92 Å². The van der Waals surface area contributed by atoms with Crippen LogP contribution in [0.1, 0.15) is 25.3 Å². The Kier molecular flexibility index (Phi) is 4.42. The number of anilines is 1. The molecule has 1 aromatic carbocycles. The molecule has 0 saturated heterocycles. The lowest BCUT2D eigenvalue weighted by molar-refractivity contribution is -0.143. The van der Waals surface area contributed by atoms with E-state index in [-0.39, 0.29) is 17.6 Å². The standard InChI is InChI=1S/C16H22N2O4/c1-16(8-7-12(17-2)14(20)22-4)11-9-10(19)5-6-13(11)18(3)15(16)21/h5-6,9,12,17,19H,7-8H2,1-4H3/t12-,16+/m1/s1. The van der Waals surface area contributed by atoms with Gasteiger partial charge in [0, 0.05) is 12.7 Å². The summed E-state index contributed by atoms with van der Waals surface area (Å²) in [5.74, 6) is -0.250. The molecule has 0 aliphatic carbocycles. The van der Waals surface area contributed by atoms with Gasteiger partial charge in [-0.1, -0.05) is 0 Å². The molecule has 1 aromatic rings. The Balaban J connectivity index is 2.28. The molecule has 6 nitrogen and oxygen atoms in total. The van der Waals surface area contributed by atoms with E-state index in [1.165, 1.54) is 7.11 Å². The molecule has 1 aliphatic rings. The van der Waals surface area contributed by atoms with Crippen LogP contribution in [-0.2, 0) is 19.7 Å². The zero-order valence-electron chi connectivity index (χ0n) is 13.3. The summed E-state index contributed by atoms with van der Waals surface area (Å²) in [6, 6.07) is 4.48. The first-order valence-corrected chi connectivity index (χ1v) is 7.22. The van der Waals surface area contributed by atoms with E-state index in [1.54, 1.807) is 37.2 Å². The molecule has 2 atom stereocenters. The van der Waals surface area contributed by atoms with E-state index in [0.717, 1.165) is 11.3 Å². The predicted octanol–water partition coefficient (Wildman–Crippen LogP) is 1.17. The number of hydrogen-bond acceptors (Lipinski definition) is 5. The van der Waals surface area contributed by atoms with Gasteiger partial charge in [0.1, 0.15) is 11.8 Å². The molecule has 0 fully saturated rings. The first kappa shape index (κ1) is 16.3. The largest absolute Gasteiger partial charge is 0.508 e. The molecule has 22 heavy (non-hydrogen) atoms. The zero-order chi connectivity index (χ0) is 16.5. The first-order chi connectivity index (χ1) is 10.3. The second-order valence-corrected chi connectivity index (χ2v) is 5.80. The highest BCUT2D eigenvalue weighted by Crippen LogP contribution is 2.45. The fourth-order valence-electron chi connectivity index (χ4n) is 3.05. The van der Waals surface area contributed by atoms with Crippen LogP contribution in [0.4, 0.5) is 5.69 Å². The zero-order valence-corrected chi connectivity index (χ0v) is 13.3. The predicted molar refractivity (Wildman–Crippen MR) is 83.0 cm³/mol. The van der Waals surface area contributed by atoms with Crippen LogP contribution in [0.25, 0.3) is 0 Å². The molecule has 0 bridgehead atoms. The molecule has 2 rings (SSSR count). The monoisotopic (exact) mass is 306 g/mol. The van der Waals surface area contributed by atoms with Crippen molar-refractivity contribution in [3.05, 3.63) is 23.8 Å². The number of benzene rings is 1. The van der Waals surface area contributed by atoms with Crippen LogP contribution in [0.2, 0.25) is 0 Å². The Morgan fingerprint density at radius 2 is 2.18 bits per heavy atom. The smallest absolute Gasteiger partial charge is 0.322 e. The highest BCUT2D eigenvalue weighted by Gasteiger charge is 2.46. The number of rotatable bonds is 5. The Hall–Kier alpha value is -2.08. The van der Waals surface area contributed by atoms with E-state index in [9.17, 15) is 14.7 Å². The van der Waals surface area contributed by atoms with Crippen molar-refractivity contribution in [1.29, 1.82) is 0 Å². The number of carbonyl (C=O) groups is 2. The van der Waals surface area contributed by atoms with Crippen LogP contribution >= 0.6 is 0 Å². The second-order valence-electron chi connectivity index (χ2n) is 5.80. The van der Waals surface area contributed by atoms with Gasteiger partial charge in [0.2, 0.25) is 5.91 Å². The average Bonchev–Trinajstić information content (AvgIpc) is 2.69. The molecule has 1 amide bonds. The van der Waals surface area contributed by atoms with Crippen molar-refractivity contribution in [2.45, 2.75) is 31.2 Å². The molecule has 0 aromatic heterocycles. The lowest BCUT2D eigenvalue weighted by atomic mass is 9.78. The molecule has 0 unspecified atom stereocenters. The summed E-state index contributed by atoms with van der Waals surface area (Å²) in [6.45, 7) is 1.85. The second kappa shape index (κ2) is 5.96. The molecule has 0 radical (unpaired) electrons. The van der Waals surface area contributed by atoms with Crippen LogP contribution in [0.3, 0.4) is 0 Å². The summed E-state index contributed by atoms with van der Waals surface area (Å²) >= 11 is 0. The maximum Gasteiger partial charge on any atom is 0.322 e. The minimum atomic E-state index is -0.758. The van der Waals surface area contributed by atoms with Gasteiger partial charge in [-0.05, 0) is 50.6 Å². The van der Waals surface area contributed by atoms with Gasteiger partial charge in [-0.25, -0.2) is 0 Å². The number of aromatic hydroxyl groups is 1. The summed E-state index contributed by atoms with van der Waals surface area (Å²) in [5, 5.41) is 12.6. The molecular weight excluding hydrogens is 284 g/mol. The summed E-state index contributed by atoms with van der Waals surface area (Å²) < 4.78 is 4.75. The minimum absolute atomic E-state index is 0.0344. The molecule has 120 valence electrons. The SMILES string of the molecule is CN[C@H](CC[C@]1(C)C(=O)N(C)c2ccc(O)cc21)C(=O)OC. The highest BCUT2D eigenvalue weighted by atomic mass is 16.5. The Morgan fingerprint density at radius 3 is 2.77 bits per heavy atom. The van der Waals surface area contributed by atoms with Crippen molar-refractivity contribution in [2.24, 2.45) is 0 Å². The van der Waals surface area contributed by atoms with Crippen molar-refractivity contribution in [3.63, 3.8) is 0 Å². The van der Waals surface area contributed by atoms with Crippen molar-refractivity contribution in [1.82, 2.24) is 5.32 Å². The molecule has 0 spiro atoms. The number of methoxy groups -OCH3 is 1. The van der Waals surface area contributed by atoms with Crippen LogP contribution in [0, 0.1) is 0 Å². The maximum atomic E-state index is 12.6. The van der Waals surface area contributed by atoms with E-state index >= 15 is 0 Å². The highest BCUT2D eigenvalue weighted by molar-refractivity contribution is 6.07. The third kappa shape index (κ3) is 2.54. The molecule has 0 saturated carbocycles. The van der Waals surface area contributed by atoms with Crippen LogP contribution in [0.5, 0.6) is 5.75 Å². The summed E-state index contributed by atoms with van der Waals surface area (Å²) in [4.78, 5) is 25.9. The van der Waals surface area contributed by atoms with Gasteiger partial charge < -0.3 is 20.1 Å². The molecular formula is C16H22N2O4. The Labute approximate surface area is 130 Å². The molecule has 1 heterocycles. The van der Waals surface area contributed by atoms with Gasteiger partial charge in [0.05, 0.1) is 12.5 Å². The number of esters is 1. The average molecular weight is 306 g/mol. The van der Waals surface area contributed by atoms with Crippen LogP contribution in [-0.4, -0.2) is 44.2 Å². The van der Waals surface area contributed by atoms with Gasteiger partial charge >= 0.3 is 5.97 Å². The van der Waals surface area contributed by atoms with Gasteiger partial charge in [0.15, 0.2) is 0 Å². The van der Waals surface area contributed by atoms with E-state index in [2.05, 4.69) is 5.32 Å². The van der Waals surface area contributed by atoms with Crippen molar-refractivity contribution < 1.29 is 19.4 Å². The van der Waals surface area contributed by atoms with E-state index in [4.69, 9.17) is 4.74 Å². The number of carbonyl (C=O) groups excluding carboxylic acids is 2. The fourth-order valence-corrected chi connectivity index (χ4v) is 3.05. The summed E-state index contributed by atoms with van der Waals surface area (Å²) in [6.07, 6.45) is 0.946. The van der Waals surface area contributed by atoms with Crippen LogP contribution < -0.4 is 10.2 Å². The Bertz CT molecular complexity index is 602. The summed E-state index contributed by atoms with van der Waals surface area (Å²) in [7, 11) is 4.75. The third-order valence-corrected chi connectivity index (χ3v) is 4.48. The lowest BCUT2D eigenvalue weighted by Gasteiger charge is -2.25. The van der Waals surface area contributed by atoms with Gasteiger partial charge in [0.25, 0.3) is 0 Å². The molecule has 1 aliphatic heterocycles. The first-order valence-electron chi connectivity index (χ1n) is 7.22. The summed E-state index contributed by atoms with van der Waals surface area (Å²) in [5.41, 5.74) is 0.829. The topological polar surface area (TPSA) is 78.9 Å². The quantitative estimate of drug-likeness (QED) is 0.798.